The highest BCUT2D eigenvalue weighted by Gasteiger charge is 1.98. The zero-order valence-corrected chi connectivity index (χ0v) is 7.67. The summed E-state index contributed by atoms with van der Waals surface area (Å²) < 4.78 is 2.89. The smallest absolute Gasteiger partial charge is 0.131 e. The van der Waals surface area contributed by atoms with Gasteiger partial charge in [0.25, 0.3) is 0 Å². The Balaban J connectivity index is 2.87. The third kappa shape index (κ3) is 1.05. The Kier molecular flexibility index (Phi) is 1.46. The second-order valence-electron chi connectivity index (χ2n) is 2.53. The van der Waals surface area contributed by atoms with E-state index in [1.807, 2.05) is 10.6 Å². The molecule has 0 amide bonds. The summed E-state index contributed by atoms with van der Waals surface area (Å²) in [5, 5.41) is 0. The quantitative estimate of drug-likeness (QED) is 0.653. The minimum atomic E-state index is 0.904. The van der Waals surface area contributed by atoms with Crippen molar-refractivity contribution in [1.82, 2.24) is 9.38 Å². The third-order valence-electron chi connectivity index (χ3n) is 1.65. The maximum Gasteiger partial charge on any atom is 0.131 e. The van der Waals surface area contributed by atoms with Gasteiger partial charge in [-0.15, -0.1) is 0 Å². The van der Waals surface area contributed by atoms with Crippen LogP contribution in [-0.2, 0) is 0 Å². The van der Waals surface area contributed by atoms with Crippen LogP contribution >= 0.6 is 15.9 Å². The van der Waals surface area contributed by atoms with Crippen molar-refractivity contribution in [3.05, 3.63) is 34.8 Å². The molecule has 2 aromatic heterocycles. The van der Waals surface area contributed by atoms with E-state index < -0.39 is 0 Å². The van der Waals surface area contributed by atoms with Crippen LogP contribution in [0.15, 0.2) is 29.3 Å². The fourth-order valence-electron chi connectivity index (χ4n) is 1.06. The number of aryl methyl sites for hydroxylation is 1. The highest BCUT2D eigenvalue weighted by molar-refractivity contribution is 9.10. The van der Waals surface area contributed by atoms with Crippen LogP contribution in [0.25, 0.3) is 5.52 Å². The molecule has 2 aromatic rings. The highest BCUT2D eigenvalue weighted by Crippen LogP contribution is 2.16. The van der Waals surface area contributed by atoms with Crippen molar-refractivity contribution in [3.8, 4) is 0 Å². The number of fused-ring (bicyclic) bond motifs is 1. The van der Waals surface area contributed by atoms with E-state index in [2.05, 4.69) is 40.0 Å². The van der Waals surface area contributed by atoms with E-state index in [1.54, 1.807) is 6.33 Å². The molecule has 3 heteroatoms. The zero-order valence-electron chi connectivity index (χ0n) is 6.08. The van der Waals surface area contributed by atoms with Crippen LogP contribution in [0, 0.1) is 6.92 Å². The Morgan fingerprint density at radius 1 is 1.55 bits per heavy atom. The minimum Gasteiger partial charge on any atom is -0.305 e. The van der Waals surface area contributed by atoms with E-state index in [1.165, 1.54) is 5.56 Å². The molecule has 0 spiro atoms. The summed E-state index contributed by atoms with van der Waals surface area (Å²) in [6, 6.07) is 4.15. The van der Waals surface area contributed by atoms with Crippen molar-refractivity contribution in [2.24, 2.45) is 0 Å². The summed E-state index contributed by atoms with van der Waals surface area (Å²) in [5.74, 6) is 0. The summed E-state index contributed by atoms with van der Waals surface area (Å²) in [7, 11) is 0. The molecular formula is C8H7BrN2. The summed E-state index contributed by atoms with van der Waals surface area (Å²) in [4.78, 5) is 4.12. The summed E-state index contributed by atoms with van der Waals surface area (Å²) >= 11 is 3.37. The second-order valence-corrected chi connectivity index (χ2v) is 3.28. The van der Waals surface area contributed by atoms with Gasteiger partial charge in [-0.2, -0.15) is 0 Å². The van der Waals surface area contributed by atoms with Gasteiger partial charge in [-0.05, 0) is 40.5 Å². The number of imidazole rings is 1. The molecule has 0 fully saturated rings. The zero-order chi connectivity index (χ0) is 7.84. The molecule has 2 rings (SSSR count). The molecule has 2 heterocycles. The summed E-state index contributed by atoms with van der Waals surface area (Å²) in [6.07, 6.45) is 3.79. The van der Waals surface area contributed by atoms with Crippen LogP contribution in [0.5, 0.6) is 0 Å². The SMILES string of the molecule is Cc1ccn2cnc(Br)c2c1. The second kappa shape index (κ2) is 2.34. The monoisotopic (exact) mass is 210 g/mol. The van der Waals surface area contributed by atoms with Gasteiger partial charge in [0.2, 0.25) is 0 Å². The van der Waals surface area contributed by atoms with Crippen molar-refractivity contribution in [1.29, 1.82) is 0 Å². The molecule has 0 saturated heterocycles. The number of halogens is 1. The standard InChI is InChI=1S/C8H7BrN2/c1-6-2-3-11-5-10-8(9)7(11)4-6/h2-5H,1H3. The molecule has 56 valence electrons. The maximum absolute atomic E-state index is 4.12. The first-order valence-electron chi connectivity index (χ1n) is 3.36. The van der Waals surface area contributed by atoms with E-state index >= 15 is 0 Å². The Bertz CT molecular complexity index is 392. The lowest BCUT2D eigenvalue weighted by Gasteiger charge is -1.94. The number of hydrogen-bond acceptors (Lipinski definition) is 1. The van der Waals surface area contributed by atoms with Crippen molar-refractivity contribution >= 4 is 21.4 Å². The van der Waals surface area contributed by atoms with E-state index in [4.69, 9.17) is 0 Å². The number of nitrogens with zero attached hydrogens (tertiary/aromatic N) is 2. The molecule has 0 unspecified atom stereocenters. The van der Waals surface area contributed by atoms with Crippen molar-refractivity contribution in [2.75, 3.05) is 0 Å². The lowest BCUT2D eigenvalue weighted by Crippen LogP contribution is -1.81. The average Bonchev–Trinajstić information content (AvgIpc) is 2.33. The Morgan fingerprint density at radius 3 is 3.18 bits per heavy atom. The molecule has 0 aliphatic carbocycles. The largest absolute Gasteiger partial charge is 0.305 e. The predicted octanol–water partition coefficient (Wildman–Crippen LogP) is 2.41. The molecule has 0 saturated carbocycles. The first-order chi connectivity index (χ1) is 5.27. The van der Waals surface area contributed by atoms with Gasteiger partial charge in [0.1, 0.15) is 10.9 Å². The molecule has 0 aromatic carbocycles. The highest BCUT2D eigenvalue weighted by atomic mass is 79.9. The first kappa shape index (κ1) is 6.85. The van der Waals surface area contributed by atoms with Gasteiger partial charge in [0.05, 0.1) is 5.52 Å². The van der Waals surface area contributed by atoms with Crippen LogP contribution in [0.2, 0.25) is 0 Å². The third-order valence-corrected chi connectivity index (χ3v) is 2.26. The van der Waals surface area contributed by atoms with Gasteiger partial charge >= 0.3 is 0 Å². The molecule has 2 nitrogen and oxygen atoms in total. The number of hydrogen-bond donors (Lipinski definition) is 0. The van der Waals surface area contributed by atoms with E-state index in [-0.39, 0.29) is 0 Å². The van der Waals surface area contributed by atoms with Crippen LogP contribution in [0.3, 0.4) is 0 Å². The maximum atomic E-state index is 4.12. The van der Waals surface area contributed by atoms with Crippen LogP contribution in [-0.4, -0.2) is 9.38 Å². The van der Waals surface area contributed by atoms with Crippen molar-refractivity contribution < 1.29 is 0 Å². The number of aromatic nitrogens is 2. The number of rotatable bonds is 0. The van der Waals surface area contributed by atoms with Gasteiger partial charge < -0.3 is 4.40 Å². The topological polar surface area (TPSA) is 17.3 Å². The van der Waals surface area contributed by atoms with Crippen LogP contribution in [0.4, 0.5) is 0 Å². The molecule has 0 aliphatic rings. The van der Waals surface area contributed by atoms with Gasteiger partial charge in [-0.1, -0.05) is 0 Å². The molecule has 11 heavy (non-hydrogen) atoms. The number of pyridine rings is 1. The molecular weight excluding hydrogens is 204 g/mol. The molecule has 0 N–H and O–H groups in total. The average molecular weight is 211 g/mol. The van der Waals surface area contributed by atoms with E-state index in [9.17, 15) is 0 Å². The van der Waals surface area contributed by atoms with Crippen molar-refractivity contribution in [2.45, 2.75) is 6.92 Å². The first-order valence-corrected chi connectivity index (χ1v) is 4.15. The molecule has 0 bridgehead atoms. The van der Waals surface area contributed by atoms with Gasteiger partial charge in [0.15, 0.2) is 0 Å². The van der Waals surface area contributed by atoms with Gasteiger partial charge in [-0.25, -0.2) is 4.98 Å². The Hall–Kier alpha value is -0.830. The Morgan fingerprint density at radius 2 is 2.36 bits per heavy atom. The molecule has 0 atom stereocenters. The Labute approximate surface area is 73.0 Å². The molecule has 0 radical (unpaired) electrons. The fourth-order valence-corrected chi connectivity index (χ4v) is 1.47. The minimum absolute atomic E-state index is 0.904. The lowest BCUT2D eigenvalue weighted by molar-refractivity contribution is 1.14. The van der Waals surface area contributed by atoms with E-state index in [0.717, 1.165) is 10.1 Å². The predicted molar refractivity (Wildman–Crippen MR) is 47.6 cm³/mol. The van der Waals surface area contributed by atoms with Gasteiger partial charge in [-0.3, -0.25) is 0 Å². The molecule has 0 aliphatic heterocycles. The van der Waals surface area contributed by atoms with Crippen molar-refractivity contribution in [3.63, 3.8) is 0 Å². The van der Waals surface area contributed by atoms with Crippen LogP contribution in [0.1, 0.15) is 5.56 Å². The van der Waals surface area contributed by atoms with E-state index in [0.29, 0.717) is 0 Å². The normalized spacial score (nSPS) is 10.7. The van der Waals surface area contributed by atoms with Gasteiger partial charge in [0, 0.05) is 6.20 Å². The lowest BCUT2D eigenvalue weighted by atomic mass is 10.3. The summed E-state index contributed by atoms with van der Waals surface area (Å²) in [5.41, 5.74) is 2.36. The summed E-state index contributed by atoms with van der Waals surface area (Å²) in [6.45, 7) is 2.07. The van der Waals surface area contributed by atoms with Crippen LogP contribution < -0.4 is 0 Å². The fraction of sp³-hybridized carbons (Fsp3) is 0.125.